The Kier molecular flexibility index (Phi) is 6.34. The molecule has 2 N–H and O–H groups in total. The summed E-state index contributed by atoms with van der Waals surface area (Å²) in [5.41, 5.74) is 1.42. The van der Waals surface area contributed by atoms with E-state index in [1.807, 2.05) is 32.0 Å². The van der Waals surface area contributed by atoms with E-state index in [4.69, 9.17) is 11.6 Å². The quantitative estimate of drug-likeness (QED) is 0.784. The number of amides is 1. The van der Waals surface area contributed by atoms with Gasteiger partial charge in [-0.25, -0.2) is 9.78 Å². The summed E-state index contributed by atoms with van der Waals surface area (Å²) in [4.78, 5) is 27.7. The van der Waals surface area contributed by atoms with E-state index < -0.39 is 12.0 Å². The molecular formula is C17H19ClN2O3S. The van der Waals surface area contributed by atoms with Gasteiger partial charge in [-0.05, 0) is 18.4 Å². The van der Waals surface area contributed by atoms with Crippen LogP contribution in [0.3, 0.4) is 0 Å². The number of halogens is 1. The molecule has 2 aromatic rings. The number of carboxylic acids is 1. The van der Waals surface area contributed by atoms with Crippen LogP contribution in [-0.4, -0.2) is 28.0 Å². The summed E-state index contributed by atoms with van der Waals surface area (Å²) in [6, 6.07) is 6.49. The van der Waals surface area contributed by atoms with Gasteiger partial charge in [-0.1, -0.05) is 43.6 Å². The Morgan fingerprint density at radius 3 is 2.67 bits per heavy atom. The third kappa shape index (κ3) is 5.04. The van der Waals surface area contributed by atoms with E-state index in [-0.39, 0.29) is 18.2 Å². The Bertz CT molecular complexity index is 730. The molecule has 0 unspecified atom stereocenters. The van der Waals surface area contributed by atoms with Gasteiger partial charge in [0, 0.05) is 10.9 Å². The highest BCUT2D eigenvalue weighted by Gasteiger charge is 2.21. The van der Waals surface area contributed by atoms with Crippen molar-refractivity contribution in [3.8, 4) is 10.6 Å². The number of aromatic nitrogens is 1. The van der Waals surface area contributed by atoms with E-state index in [1.54, 1.807) is 11.4 Å². The van der Waals surface area contributed by atoms with Crippen LogP contribution in [0.15, 0.2) is 29.6 Å². The van der Waals surface area contributed by atoms with E-state index in [1.165, 1.54) is 11.3 Å². The maximum Gasteiger partial charge on any atom is 0.326 e. The van der Waals surface area contributed by atoms with E-state index in [0.717, 1.165) is 10.6 Å². The van der Waals surface area contributed by atoms with Gasteiger partial charge in [0.15, 0.2) is 0 Å². The second kappa shape index (κ2) is 8.26. The lowest BCUT2D eigenvalue weighted by Gasteiger charge is -2.16. The first-order valence-corrected chi connectivity index (χ1v) is 8.84. The van der Waals surface area contributed by atoms with Crippen LogP contribution in [0.25, 0.3) is 10.6 Å². The highest BCUT2D eigenvalue weighted by molar-refractivity contribution is 7.13. The topological polar surface area (TPSA) is 79.3 Å². The van der Waals surface area contributed by atoms with Gasteiger partial charge in [0.1, 0.15) is 11.0 Å². The van der Waals surface area contributed by atoms with Crippen LogP contribution in [0, 0.1) is 5.92 Å². The van der Waals surface area contributed by atoms with Gasteiger partial charge in [0.05, 0.1) is 17.1 Å². The number of rotatable bonds is 7. The molecule has 0 bridgehead atoms. The average Bonchev–Trinajstić information content (AvgIpc) is 2.94. The number of hydrogen-bond acceptors (Lipinski definition) is 4. The van der Waals surface area contributed by atoms with Gasteiger partial charge in [0.25, 0.3) is 0 Å². The Hall–Kier alpha value is -1.92. The van der Waals surface area contributed by atoms with E-state index in [9.17, 15) is 14.7 Å². The largest absolute Gasteiger partial charge is 0.480 e. The standard InChI is InChI=1S/C17H19ClN2O3S/c1-10(2)7-14(17(22)23)20-15(21)8-11-9-24-16(19-11)12-5-3-4-6-13(12)18/h3-6,9-10,14H,7-8H2,1-2H3,(H,20,21)(H,22,23)/t14-/m0/s1. The molecule has 0 saturated carbocycles. The minimum atomic E-state index is -1.02. The van der Waals surface area contributed by atoms with Crippen LogP contribution < -0.4 is 5.32 Å². The van der Waals surface area contributed by atoms with E-state index >= 15 is 0 Å². The fourth-order valence-electron chi connectivity index (χ4n) is 2.25. The summed E-state index contributed by atoms with van der Waals surface area (Å²) >= 11 is 7.55. The molecule has 7 heteroatoms. The minimum Gasteiger partial charge on any atom is -0.480 e. The first kappa shape index (κ1) is 18.4. The van der Waals surface area contributed by atoms with Crippen molar-refractivity contribution >= 4 is 34.8 Å². The van der Waals surface area contributed by atoms with Gasteiger partial charge in [-0.15, -0.1) is 11.3 Å². The number of nitrogens with one attached hydrogen (secondary N) is 1. The van der Waals surface area contributed by atoms with Crippen LogP contribution >= 0.6 is 22.9 Å². The lowest BCUT2D eigenvalue weighted by atomic mass is 10.0. The maximum absolute atomic E-state index is 12.1. The summed E-state index contributed by atoms with van der Waals surface area (Å²) in [5, 5.41) is 14.9. The zero-order valence-electron chi connectivity index (χ0n) is 13.5. The number of carbonyl (C=O) groups is 2. The summed E-state index contributed by atoms with van der Waals surface area (Å²) in [6.45, 7) is 3.83. The number of thiazole rings is 1. The number of nitrogens with zero attached hydrogens (tertiary/aromatic N) is 1. The summed E-state index contributed by atoms with van der Waals surface area (Å²) < 4.78 is 0. The molecule has 0 aliphatic heterocycles. The molecule has 2 rings (SSSR count). The zero-order chi connectivity index (χ0) is 17.7. The molecule has 1 aromatic heterocycles. The molecular weight excluding hydrogens is 348 g/mol. The van der Waals surface area contributed by atoms with Gasteiger partial charge in [-0.3, -0.25) is 4.79 Å². The molecule has 0 aliphatic carbocycles. The summed E-state index contributed by atoms with van der Waals surface area (Å²) in [7, 11) is 0. The van der Waals surface area contributed by atoms with Crippen molar-refractivity contribution < 1.29 is 14.7 Å². The van der Waals surface area contributed by atoms with Crippen molar-refractivity contribution in [3.63, 3.8) is 0 Å². The van der Waals surface area contributed by atoms with Gasteiger partial charge in [0.2, 0.25) is 5.91 Å². The lowest BCUT2D eigenvalue weighted by Crippen LogP contribution is -2.42. The first-order valence-electron chi connectivity index (χ1n) is 7.58. The van der Waals surface area contributed by atoms with Crippen molar-refractivity contribution in [1.29, 1.82) is 0 Å². The number of carboxylic acid groups (broad SMARTS) is 1. The third-order valence-electron chi connectivity index (χ3n) is 3.34. The van der Waals surface area contributed by atoms with Crippen molar-refractivity contribution in [2.75, 3.05) is 0 Å². The summed E-state index contributed by atoms with van der Waals surface area (Å²) in [5.74, 6) is -1.19. The molecule has 1 amide bonds. The molecule has 1 heterocycles. The highest BCUT2D eigenvalue weighted by atomic mass is 35.5. The van der Waals surface area contributed by atoms with Crippen LogP contribution in [0.1, 0.15) is 26.0 Å². The van der Waals surface area contributed by atoms with Gasteiger partial charge in [-0.2, -0.15) is 0 Å². The molecule has 5 nitrogen and oxygen atoms in total. The van der Waals surface area contributed by atoms with Crippen LogP contribution in [0.4, 0.5) is 0 Å². The number of carbonyl (C=O) groups excluding carboxylic acids is 1. The Labute approximate surface area is 149 Å². The lowest BCUT2D eigenvalue weighted by molar-refractivity contribution is -0.142. The summed E-state index contributed by atoms with van der Waals surface area (Å²) in [6.07, 6.45) is 0.436. The van der Waals surface area contributed by atoms with E-state index in [0.29, 0.717) is 17.1 Å². The maximum atomic E-state index is 12.1. The second-order valence-electron chi connectivity index (χ2n) is 5.89. The van der Waals surface area contributed by atoms with Crippen molar-refractivity contribution in [1.82, 2.24) is 10.3 Å². The fraction of sp³-hybridized carbons (Fsp3) is 0.353. The molecule has 0 saturated heterocycles. The van der Waals surface area contributed by atoms with Crippen molar-refractivity contribution in [2.45, 2.75) is 32.7 Å². The zero-order valence-corrected chi connectivity index (χ0v) is 15.0. The minimum absolute atomic E-state index is 0.0445. The molecule has 128 valence electrons. The monoisotopic (exact) mass is 366 g/mol. The molecule has 1 atom stereocenters. The average molecular weight is 367 g/mol. The van der Waals surface area contributed by atoms with Crippen LogP contribution in [0.5, 0.6) is 0 Å². The fourth-order valence-corrected chi connectivity index (χ4v) is 3.39. The third-order valence-corrected chi connectivity index (χ3v) is 4.59. The molecule has 0 fully saturated rings. The van der Waals surface area contributed by atoms with Crippen LogP contribution in [0.2, 0.25) is 5.02 Å². The number of hydrogen-bond donors (Lipinski definition) is 2. The second-order valence-corrected chi connectivity index (χ2v) is 7.15. The Morgan fingerprint density at radius 2 is 2.04 bits per heavy atom. The molecule has 0 radical (unpaired) electrons. The molecule has 24 heavy (non-hydrogen) atoms. The molecule has 0 spiro atoms. The van der Waals surface area contributed by atoms with Crippen LogP contribution in [-0.2, 0) is 16.0 Å². The van der Waals surface area contributed by atoms with E-state index in [2.05, 4.69) is 10.3 Å². The van der Waals surface area contributed by atoms with Gasteiger partial charge >= 0.3 is 5.97 Å². The predicted molar refractivity (Wildman–Crippen MR) is 95.3 cm³/mol. The highest BCUT2D eigenvalue weighted by Crippen LogP contribution is 2.30. The normalized spacial score (nSPS) is 12.2. The van der Waals surface area contributed by atoms with Gasteiger partial charge < -0.3 is 10.4 Å². The predicted octanol–water partition coefficient (Wildman–Crippen LogP) is 3.62. The Balaban J connectivity index is 2.02. The van der Waals surface area contributed by atoms with Crippen molar-refractivity contribution in [2.24, 2.45) is 5.92 Å². The first-order chi connectivity index (χ1) is 11.4. The SMILES string of the molecule is CC(C)C[C@H](NC(=O)Cc1csc(-c2ccccc2Cl)n1)C(=O)O. The molecule has 0 aliphatic rings. The van der Waals surface area contributed by atoms with Crippen molar-refractivity contribution in [3.05, 3.63) is 40.4 Å². The number of benzene rings is 1. The number of aliphatic carboxylic acids is 1. The smallest absolute Gasteiger partial charge is 0.326 e. The Morgan fingerprint density at radius 1 is 1.33 bits per heavy atom. The molecule has 1 aromatic carbocycles.